The first-order chi connectivity index (χ1) is 14.8. The summed E-state index contributed by atoms with van der Waals surface area (Å²) in [6.45, 7) is 8.01. The summed E-state index contributed by atoms with van der Waals surface area (Å²) in [4.78, 5) is 15.1. The number of aryl methyl sites for hydroxylation is 1. The average Bonchev–Trinajstić information content (AvgIpc) is 2.76. The maximum atomic E-state index is 13.1. The van der Waals surface area contributed by atoms with Crippen molar-refractivity contribution in [1.29, 1.82) is 0 Å². The maximum absolute atomic E-state index is 13.1. The molecule has 0 radical (unpaired) electrons. The van der Waals surface area contributed by atoms with Gasteiger partial charge in [0, 0.05) is 25.7 Å². The van der Waals surface area contributed by atoms with Crippen LogP contribution in [-0.2, 0) is 10.0 Å². The average molecular weight is 444 g/mol. The van der Waals surface area contributed by atoms with E-state index in [2.05, 4.69) is 17.1 Å². The summed E-state index contributed by atoms with van der Waals surface area (Å²) in [6.07, 6.45) is 3.42. The molecule has 31 heavy (non-hydrogen) atoms. The highest BCUT2D eigenvalue weighted by atomic mass is 32.2. The zero-order valence-electron chi connectivity index (χ0n) is 18.7. The summed E-state index contributed by atoms with van der Waals surface area (Å²) in [6, 6.07) is 13.5. The number of nitrogens with one attached hydrogen (secondary N) is 1. The van der Waals surface area contributed by atoms with Crippen LogP contribution in [-0.4, -0.2) is 52.5 Å². The molecule has 1 atom stereocenters. The van der Waals surface area contributed by atoms with Crippen LogP contribution in [0, 0.1) is 12.8 Å². The van der Waals surface area contributed by atoms with Crippen LogP contribution in [0.2, 0.25) is 0 Å². The Bertz CT molecular complexity index is 1010. The molecule has 1 saturated heterocycles. The van der Waals surface area contributed by atoms with Gasteiger partial charge in [-0.3, -0.25) is 9.10 Å². The molecular formula is C24H33N3O3S. The van der Waals surface area contributed by atoms with Gasteiger partial charge in [0.2, 0.25) is 0 Å². The molecule has 0 aliphatic carbocycles. The number of hydrogen-bond donors (Lipinski definition) is 1. The molecule has 0 spiro atoms. The van der Waals surface area contributed by atoms with E-state index in [1.54, 1.807) is 18.2 Å². The first kappa shape index (κ1) is 23.3. The predicted molar refractivity (Wildman–Crippen MR) is 125 cm³/mol. The Morgan fingerprint density at radius 3 is 2.71 bits per heavy atom. The lowest BCUT2D eigenvalue weighted by Gasteiger charge is -2.30. The number of sulfonamides is 1. The number of anilines is 1. The highest BCUT2D eigenvalue weighted by molar-refractivity contribution is 7.92. The zero-order valence-corrected chi connectivity index (χ0v) is 19.5. The molecule has 3 rings (SSSR count). The molecule has 2 aromatic carbocycles. The van der Waals surface area contributed by atoms with Crippen LogP contribution in [0.1, 0.15) is 42.1 Å². The van der Waals surface area contributed by atoms with Gasteiger partial charge in [0.05, 0.1) is 10.6 Å². The summed E-state index contributed by atoms with van der Waals surface area (Å²) < 4.78 is 27.4. The van der Waals surface area contributed by atoms with Crippen LogP contribution in [0.15, 0.2) is 53.4 Å². The Balaban J connectivity index is 1.60. The van der Waals surface area contributed by atoms with Gasteiger partial charge in [0.25, 0.3) is 15.9 Å². The van der Waals surface area contributed by atoms with E-state index in [1.807, 2.05) is 25.1 Å². The van der Waals surface area contributed by atoms with Crippen molar-refractivity contribution in [2.75, 3.05) is 37.5 Å². The van der Waals surface area contributed by atoms with Crippen molar-refractivity contribution in [1.82, 2.24) is 10.2 Å². The van der Waals surface area contributed by atoms with Crippen molar-refractivity contribution in [3.63, 3.8) is 0 Å². The third kappa shape index (κ3) is 6.08. The Morgan fingerprint density at radius 1 is 1.19 bits per heavy atom. The number of carbonyl (C=O) groups excluding carboxylic acids is 1. The van der Waals surface area contributed by atoms with E-state index in [4.69, 9.17) is 0 Å². The van der Waals surface area contributed by atoms with Crippen LogP contribution in [0.3, 0.4) is 0 Å². The van der Waals surface area contributed by atoms with Crippen LogP contribution in [0.25, 0.3) is 0 Å². The van der Waals surface area contributed by atoms with E-state index in [9.17, 15) is 13.2 Å². The van der Waals surface area contributed by atoms with E-state index >= 15 is 0 Å². The lowest BCUT2D eigenvalue weighted by atomic mass is 10.0. The number of benzene rings is 2. The monoisotopic (exact) mass is 443 g/mol. The first-order valence-electron chi connectivity index (χ1n) is 10.9. The second kappa shape index (κ2) is 10.3. The molecule has 1 amide bonds. The zero-order chi connectivity index (χ0) is 22.4. The van der Waals surface area contributed by atoms with Gasteiger partial charge in [-0.25, -0.2) is 8.42 Å². The van der Waals surface area contributed by atoms with E-state index in [1.165, 1.54) is 36.3 Å². The molecule has 1 aliphatic heterocycles. The van der Waals surface area contributed by atoms with Crippen LogP contribution < -0.4 is 9.62 Å². The molecule has 2 aromatic rings. The van der Waals surface area contributed by atoms with Gasteiger partial charge in [-0.1, -0.05) is 25.1 Å². The summed E-state index contributed by atoms with van der Waals surface area (Å²) in [5.41, 5.74) is 1.92. The molecule has 6 nitrogen and oxygen atoms in total. The summed E-state index contributed by atoms with van der Waals surface area (Å²) in [5.74, 6) is 0.494. The molecular weight excluding hydrogens is 410 g/mol. The SMILES string of the molecule is Cc1cccc(N(C)S(=O)(=O)c2cccc(C(=O)NCCCN3CCC[C@H](C)C3)c2)c1. The van der Waals surface area contributed by atoms with E-state index in [0.29, 0.717) is 17.8 Å². The van der Waals surface area contributed by atoms with Crippen molar-refractivity contribution in [3.05, 3.63) is 59.7 Å². The second-order valence-electron chi connectivity index (χ2n) is 8.50. The van der Waals surface area contributed by atoms with Crippen molar-refractivity contribution in [2.45, 2.75) is 38.0 Å². The maximum Gasteiger partial charge on any atom is 0.264 e. The van der Waals surface area contributed by atoms with E-state index < -0.39 is 10.0 Å². The number of piperidine rings is 1. The predicted octanol–water partition coefficient (Wildman–Crippen LogP) is 3.67. The Hall–Kier alpha value is -2.38. The summed E-state index contributed by atoms with van der Waals surface area (Å²) in [7, 11) is -2.24. The van der Waals surface area contributed by atoms with Crippen molar-refractivity contribution >= 4 is 21.6 Å². The second-order valence-corrected chi connectivity index (χ2v) is 10.5. The molecule has 1 heterocycles. The van der Waals surface area contributed by atoms with Gasteiger partial charge in [0.15, 0.2) is 0 Å². The number of rotatable bonds is 8. The minimum atomic E-state index is -3.76. The topological polar surface area (TPSA) is 69.7 Å². The van der Waals surface area contributed by atoms with Gasteiger partial charge in [0.1, 0.15) is 0 Å². The standard InChI is InChI=1S/C24H33N3O3S/c1-19-8-4-11-22(16-19)26(3)31(29,30)23-12-5-10-21(17-23)24(28)25-13-7-15-27-14-6-9-20(2)18-27/h4-5,8,10-12,16-17,20H,6-7,9,13-15,18H2,1-3H3,(H,25,28)/t20-/m0/s1. The van der Waals surface area contributed by atoms with Crippen LogP contribution in [0.5, 0.6) is 0 Å². The third-order valence-electron chi connectivity index (χ3n) is 5.80. The lowest BCUT2D eigenvalue weighted by molar-refractivity contribution is 0.0950. The molecule has 168 valence electrons. The fourth-order valence-electron chi connectivity index (χ4n) is 4.01. The van der Waals surface area contributed by atoms with Gasteiger partial charge in [-0.05, 0) is 81.1 Å². The van der Waals surface area contributed by atoms with E-state index in [0.717, 1.165) is 37.5 Å². The van der Waals surface area contributed by atoms with Crippen molar-refractivity contribution in [3.8, 4) is 0 Å². The van der Waals surface area contributed by atoms with Crippen molar-refractivity contribution < 1.29 is 13.2 Å². The molecule has 0 unspecified atom stereocenters. The Labute approximate surface area is 186 Å². The molecule has 7 heteroatoms. The normalized spacial score (nSPS) is 17.3. The summed E-state index contributed by atoms with van der Waals surface area (Å²) in [5, 5.41) is 2.92. The fraction of sp³-hybridized carbons (Fsp3) is 0.458. The molecule has 0 bridgehead atoms. The fourth-order valence-corrected chi connectivity index (χ4v) is 5.25. The Morgan fingerprint density at radius 2 is 1.97 bits per heavy atom. The first-order valence-corrected chi connectivity index (χ1v) is 12.4. The van der Waals surface area contributed by atoms with Gasteiger partial charge >= 0.3 is 0 Å². The molecule has 1 fully saturated rings. The molecule has 0 saturated carbocycles. The third-order valence-corrected chi connectivity index (χ3v) is 7.58. The smallest absolute Gasteiger partial charge is 0.264 e. The van der Waals surface area contributed by atoms with E-state index in [-0.39, 0.29) is 10.8 Å². The molecule has 1 aliphatic rings. The number of likely N-dealkylation sites (tertiary alicyclic amines) is 1. The molecule has 0 aromatic heterocycles. The van der Waals surface area contributed by atoms with Crippen LogP contribution >= 0.6 is 0 Å². The largest absolute Gasteiger partial charge is 0.352 e. The van der Waals surface area contributed by atoms with Crippen molar-refractivity contribution in [2.24, 2.45) is 5.92 Å². The minimum absolute atomic E-state index is 0.103. The number of amides is 1. The van der Waals surface area contributed by atoms with Crippen LogP contribution in [0.4, 0.5) is 5.69 Å². The highest BCUT2D eigenvalue weighted by Crippen LogP contribution is 2.23. The number of carbonyl (C=O) groups is 1. The summed E-state index contributed by atoms with van der Waals surface area (Å²) >= 11 is 0. The number of nitrogens with zero attached hydrogens (tertiary/aromatic N) is 2. The van der Waals surface area contributed by atoms with Gasteiger partial charge in [-0.2, -0.15) is 0 Å². The Kier molecular flexibility index (Phi) is 7.73. The van der Waals surface area contributed by atoms with Gasteiger partial charge < -0.3 is 10.2 Å². The highest BCUT2D eigenvalue weighted by Gasteiger charge is 2.22. The quantitative estimate of drug-likeness (QED) is 0.632. The lowest BCUT2D eigenvalue weighted by Crippen LogP contribution is -2.36. The van der Waals surface area contributed by atoms with Gasteiger partial charge in [-0.15, -0.1) is 0 Å². The molecule has 1 N–H and O–H groups in total. The number of hydrogen-bond acceptors (Lipinski definition) is 4. The minimum Gasteiger partial charge on any atom is -0.352 e.